The molecule has 0 radical (unpaired) electrons. The van der Waals surface area contributed by atoms with Crippen molar-refractivity contribution in [2.75, 3.05) is 17.7 Å². The average molecular weight is 391 g/mol. The van der Waals surface area contributed by atoms with Crippen LogP contribution in [0, 0.1) is 5.92 Å². The van der Waals surface area contributed by atoms with Crippen LogP contribution in [-0.2, 0) is 4.79 Å². The number of rotatable bonds is 5. The summed E-state index contributed by atoms with van der Waals surface area (Å²) in [6, 6.07) is 12.2. The summed E-state index contributed by atoms with van der Waals surface area (Å²) < 4.78 is 5.82. The predicted molar refractivity (Wildman–Crippen MR) is 98.6 cm³/mol. The average Bonchev–Trinajstić information content (AvgIpc) is 2.56. The van der Waals surface area contributed by atoms with E-state index >= 15 is 0 Å². The van der Waals surface area contributed by atoms with E-state index in [9.17, 15) is 9.59 Å². The Kier molecular flexibility index (Phi) is 5.98. The zero-order chi connectivity index (χ0) is 17.7. The lowest BCUT2D eigenvalue weighted by Crippen LogP contribution is -2.17. The molecule has 2 rings (SSSR count). The maximum atomic E-state index is 12.4. The van der Waals surface area contributed by atoms with Crippen LogP contribution in [0.1, 0.15) is 24.2 Å². The van der Waals surface area contributed by atoms with Gasteiger partial charge in [-0.15, -0.1) is 0 Å². The van der Waals surface area contributed by atoms with Gasteiger partial charge in [0.25, 0.3) is 5.91 Å². The van der Waals surface area contributed by atoms with Gasteiger partial charge in [-0.2, -0.15) is 0 Å². The molecule has 0 bridgehead atoms. The lowest BCUT2D eigenvalue weighted by atomic mass is 10.2. The molecule has 2 N–H and O–H groups in total. The molecule has 0 aliphatic rings. The van der Waals surface area contributed by atoms with Crippen LogP contribution in [0.5, 0.6) is 5.75 Å². The minimum Gasteiger partial charge on any atom is -0.497 e. The van der Waals surface area contributed by atoms with Crippen LogP contribution in [-0.4, -0.2) is 18.9 Å². The van der Waals surface area contributed by atoms with Crippen LogP contribution in [0.3, 0.4) is 0 Å². The first-order chi connectivity index (χ1) is 11.4. The van der Waals surface area contributed by atoms with E-state index in [2.05, 4.69) is 26.6 Å². The third-order valence-corrected chi connectivity index (χ3v) is 4.04. The predicted octanol–water partition coefficient (Wildman–Crippen LogP) is 4.30. The third kappa shape index (κ3) is 4.58. The molecule has 0 heterocycles. The maximum Gasteiger partial charge on any atom is 0.256 e. The van der Waals surface area contributed by atoms with Gasteiger partial charge < -0.3 is 15.4 Å². The molecule has 6 heteroatoms. The molecule has 0 fully saturated rings. The molecule has 0 saturated carbocycles. The normalized spacial score (nSPS) is 10.4. The van der Waals surface area contributed by atoms with Crippen molar-refractivity contribution in [2.24, 2.45) is 5.92 Å². The maximum absolute atomic E-state index is 12.4. The Labute approximate surface area is 149 Å². The molecular formula is C18H19BrN2O3. The van der Waals surface area contributed by atoms with E-state index in [1.165, 1.54) is 0 Å². The van der Waals surface area contributed by atoms with E-state index < -0.39 is 0 Å². The summed E-state index contributed by atoms with van der Waals surface area (Å²) in [4.78, 5) is 24.0. The van der Waals surface area contributed by atoms with Gasteiger partial charge >= 0.3 is 0 Å². The number of carbonyl (C=O) groups excluding carboxylic acids is 2. The van der Waals surface area contributed by atoms with Crippen LogP contribution < -0.4 is 15.4 Å². The number of halogens is 1. The highest BCUT2D eigenvalue weighted by Crippen LogP contribution is 2.24. The molecule has 2 amide bonds. The van der Waals surface area contributed by atoms with Crippen LogP contribution in [0.4, 0.5) is 11.4 Å². The molecule has 0 spiro atoms. The highest BCUT2D eigenvalue weighted by Gasteiger charge is 2.12. The summed E-state index contributed by atoms with van der Waals surface area (Å²) in [5.74, 6) is 0.219. The fourth-order valence-electron chi connectivity index (χ4n) is 1.93. The van der Waals surface area contributed by atoms with Crippen molar-refractivity contribution < 1.29 is 14.3 Å². The Balaban J connectivity index is 2.08. The quantitative estimate of drug-likeness (QED) is 0.799. The summed E-state index contributed by atoms with van der Waals surface area (Å²) in [5.41, 5.74) is 1.80. The van der Waals surface area contributed by atoms with Gasteiger partial charge in [0, 0.05) is 21.8 Å². The van der Waals surface area contributed by atoms with Gasteiger partial charge in [-0.05, 0) is 58.4 Å². The van der Waals surface area contributed by atoms with Crippen molar-refractivity contribution in [1.82, 2.24) is 0 Å². The van der Waals surface area contributed by atoms with E-state index in [0.29, 0.717) is 27.2 Å². The van der Waals surface area contributed by atoms with Gasteiger partial charge in [-0.25, -0.2) is 0 Å². The van der Waals surface area contributed by atoms with Crippen LogP contribution in [0.15, 0.2) is 46.9 Å². The van der Waals surface area contributed by atoms with E-state index in [4.69, 9.17) is 4.74 Å². The lowest BCUT2D eigenvalue weighted by molar-refractivity contribution is -0.118. The van der Waals surface area contributed by atoms with Gasteiger partial charge in [0.2, 0.25) is 5.91 Å². The van der Waals surface area contributed by atoms with Gasteiger partial charge in [0.15, 0.2) is 0 Å². The van der Waals surface area contributed by atoms with E-state index in [-0.39, 0.29) is 17.7 Å². The summed E-state index contributed by atoms with van der Waals surface area (Å²) >= 11 is 3.36. The molecule has 24 heavy (non-hydrogen) atoms. The Bertz CT molecular complexity index is 742. The summed E-state index contributed by atoms with van der Waals surface area (Å²) in [6.45, 7) is 3.66. The number of nitrogens with one attached hydrogen (secondary N) is 2. The number of hydrogen-bond donors (Lipinski definition) is 2. The number of methoxy groups -OCH3 is 1. The van der Waals surface area contributed by atoms with Crippen LogP contribution in [0.2, 0.25) is 0 Å². The van der Waals surface area contributed by atoms with E-state index in [1.54, 1.807) is 49.6 Å². The molecule has 0 aromatic heterocycles. The summed E-state index contributed by atoms with van der Waals surface area (Å²) in [5, 5.41) is 5.62. The van der Waals surface area contributed by atoms with Gasteiger partial charge in [-0.3, -0.25) is 9.59 Å². The SMILES string of the molecule is COc1ccc(Br)c(C(=O)Nc2ccc(NC(=O)C(C)C)cc2)c1. The first-order valence-electron chi connectivity index (χ1n) is 7.46. The van der Waals surface area contributed by atoms with E-state index in [1.807, 2.05) is 13.8 Å². The fraction of sp³-hybridized carbons (Fsp3) is 0.222. The first-order valence-corrected chi connectivity index (χ1v) is 8.26. The van der Waals surface area contributed by atoms with Crippen LogP contribution in [0.25, 0.3) is 0 Å². The Morgan fingerprint density at radius 1 is 1.00 bits per heavy atom. The zero-order valence-electron chi connectivity index (χ0n) is 13.7. The molecule has 0 atom stereocenters. The summed E-state index contributed by atoms with van der Waals surface area (Å²) in [7, 11) is 1.55. The minimum absolute atomic E-state index is 0.0490. The topological polar surface area (TPSA) is 67.4 Å². The second kappa shape index (κ2) is 7.97. The molecule has 2 aromatic rings. The van der Waals surface area contributed by atoms with E-state index in [0.717, 1.165) is 0 Å². The monoisotopic (exact) mass is 390 g/mol. The molecular weight excluding hydrogens is 372 g/mol. The first kappa shape index (κ1) is 18.0. The van der Waals surface area contributed by atoms with Crippen molar-refractivity contribution >= 4 is 39.1 Å². The van der Waals surface area contributed by atoms with Crippen molar-refractivity contribution in [2.45, 2.75) is 13.8 Å². The number of ether oxygens (including phenoxy) is 1. The third-order valence-electron chi connectivity index (χ3n) is 3.35. The highest BCUT2D eigenvalue weighted by atomic mass is 79.9. The number of benzene rings is 2. The Morgan fingerprint density at radius 2 is 1.58 bits per heavy atom. The number of anilines is 2. The van der Waals surface area contributed by atoms with Gasteiger partial charge in [0.1, 0.15) is 5.75 Å². The second-order valence-electron chi connectivity index (χ2n) is 5.52. The standard InChI is InChI=1S/C18H19BrN2O3/c1-11(2)17(22)20-12-4-6-13(7-5-12)21-18(23)15-10-14(24-3)8-9-16(15)19/h4-11H,1-3H3,(H,20,22)(H,21,23). The molecule has 126 valence electrons. The number of amides is 2. The van der Waals surface area contributed by atoms with Crippen molar-refractivity contribution in [3.63, 3.8) is 0 Å². The highest BCUT2D eigenvalue weighted by molar-refractivity contribution is 9.10. The number of carbonyl (C=O) groups is 2. The Hall–Kier alpha value is -2.34. The zero-order valence-corrected chi connectivity index (χ0v) is 15.3. The van der Waals surface area contributed by atoms with Crippen molar-refractivity contribution in [3.05, 3.63) is 52.5 Å². The smallest absolute Gasteiger partial charge is 0.256 e. The molecule has 5 nitrogen and oxygen atoms in total. The number of hydrogen-bond acceptors (Lipinski definition) is 3. The Morgan fingerprint density at radius 3 is 2.12 bits per heavy atom. The van der Waals surface area contributed by atoms with Gasteiger partial charge in [-0.1, -0.05) is 13.8 Å². The molecule has 0 aliphatic heterocycles. The molecule has 0 unspecified atom stereocenters. The summed E-state index contributed by atoms with van der Waals surface area (Å²) in [6.07, 6.45) is 0. The minimum atomic E-state index is -0.250. The van der Waals surface area contributed by atoms with Crippen molar-refractivity contribution in [3.8, 4) is 5.75 Å². The van der Waals surface area contributed by atoms with Crippen LogP contribution >= 0.6 is 15.9 Å². The second-order valence-corrected chi connectivity index (χ2v) is 6.38. The van der Waals surface area contributed by atoms with Gasteiger partial charge in [0.05, 0.1) is 12.7 Å². The van der Waals surface area contributed by atoms with Crippen molar-refractivity contribution in [1.29, 1.82) is 0 Å². The largest absolute Gasteiger partial charge is 0.497 e. The molecule has 0 saturated heterocycles. The lowest BCUT2D eigenvalue weighted by Gasteiger charge is -2.10. The fourth-order valence-corrected chi connectivity index (χ4v) is 2.35. The molecule has 0 aliphatic carbocycles. The molecule has 2 aromatic carbocycles.